The summed E-state index contributed by atoms with van der Waals surface area (Å²) in [7, 11) is -3.22. The first-order valence-corrected chi connectivity index (χ1v) is 7.32. The Morgan fingerprint density at radius 3 is 2.44 bits per heavy atom. The molecule has 0 aliphatic rings. The molecule has 0 bridgehead atoms. The molecular weight excluding hydrogens is 291 g/mol. The Morgan fingerprint density at radius 2 is 1.94 bits per heavy atom. The van der Waals surface area contributed by atoms with Gasteiger partial charge >= 0.3 is 6.18 Å². The average Bonchev–Trinajstić information content (AvgIpc) is 2.17. The maximum Gasteiger partial charge on any atom is 0.418 e. The Balaban J connectivity index is 2.89. The third-order valence-electron chi connectivity index (χ3n) is 2.08. The van der Waals surface area contributed by atoms with Gasteiger partial charge in [-0.2, -0.15) is 13.2 Å². The van der Waals surface area contributed by atoms with Gasteiger partial charge in [-0.05, 0) is 18.2 Å². The fourth-order valence-corrected chi connectivity index (χ4v) is 1.92. The van der Waals surface area contributed by atoms with Crippen LogP contribution in [0.25, 0.3) is 0 Å². The van der Waals surface area contributed by atoms with Gasteiger partial charge in [0, 0.05) is 23.5 Å². The second-order valence-corrected chi connectivity index (χ2v) is 6.44. The molecule has 0 aromatic heterocycles. The van der Waals surface area contributed by atoms with E-state index in [0.717, 1.165) is 12.3 Å². The molecule has 0 aliphatic heterocycles. The van der Waals surface area contributed by atoms with Crippen LogP contribution >= 0.6 is 11.6 Å². The summed E-state index contributed by atoms with van der Waals surface area (Å²) in [4.78, 5) is 0. The molecule has 0 unspecified atom stereocenters. The third-order valence-corrected chi connectivity index (χ3v) is 3.26. The van der Waals surface area contributed by atoms with E-state index >= 15 is 0 Å². The minimum absolute atomic E-state index is 0.0315. The van der Waals surface area contributed by atoms with E-state index < -0.39 is 21.6 Å². The standard InChI is InChI=1S/C10H11ClF3NO2S/c1-18(16,17)5-4-15-9-3-2-7(11)6-8(9)10(12,13)14/h2-3,6,15H,4-5H2,1H3. The number of rotatable bonds is 4. The first-order valence-electron chi connectivity index (χ1n) is 4.88. The lowest BCUT2D eigenvalue weighted by atomic mass is 10.1. The lowest BCUT2D eigenvalue weighted by Gasteiger charge is -2.14. The largest absolute Gasteiger partial charge is 0.418 e. The molecule has 102 valence electrons. The van der Waals surface area contributed by atoms with Crippen LogP contribution in [0.15, 0.2) is 18.2 Å². The van der Waals surface area contributed by atoms with Crippen molar-refractivity contribution in [3.05, 3.63) is 28.8 Å². The van der Waals surface area contributed by atoms with E-state index in [4.69, 9.17) is 11.6 Å². The molecule has 0 spiro atoms. The van der Waals surface area contributed by atoms with Crippen molar-refractivity contribution in [2.75, 3.05) is 23.9 Å². The van der Waals surface area contributed by atoms with E-state index in [1.807, 2.05) is 0 Å². The summed E-state index contributed by atoms with van der Waals surface area (Å²) in [5.41, 5.74) is -1.10. The SMILES string of the molecule is CS(=O)(=O)CCNc1ccc(Cl)cc1C(F)(F)F. The Bertz CT molecular complexity index is 528. The van der Waals surface area contributed by atoms with Crippen LogP contribution in [0.2, 0.25) is 5.02 Å². The Labute approximate surface area is 108 Å². The van der Waals surface area contributed by atoms with Crippen LogP contribution in [0.4, 0.5) is 18.9 Å². The molecule has 0 saturated heterocycles. The molecular formula is C10H11ClF3NO2S. The van der Waals surface area contributed by atoms with E-state index in [0.29, 0.717) is 0 Å². The van der Waals surface area contributed by atoms with E-state index in [-0.39, 0.29) is 23.0 Å². The zero-order valence-corrected chi connectivity index (χ0v) is 11.0. The van der Waals surface area contributed by atoms with Crippen molar-refractivity contribution in [1.82, 2.24) is 0 Å². The molecule has 18 heavy (non-hydrogen) atoms. The van der Waals surface area contributed by atoms with Gasteiger partial charge in [-0.1, -0.05) is 11.6 Å². The number of halogens is 4. The van der Waals surface area contributed by atoms with Crippen molar-refractivity contribution in [3.8, 4) is 0 Å². The molecule has 0 heterocycles. The van der Waals surface area contributed by atoms with Gasteiger partial charge in [0.1, 0.15) is 9.84 Å². The second-order valence-electron chi connectivity index (χ2n) is 3.74. The van der Waals surface area contributed by atoms with Crippen molar-refractivity contribution < 1.29 is 21.6 Å². The summed E-state index contributed by atoms with van der Waals surface area (Å²) in [6.07, 6.45) is -3.53. The maximum atomic E-state index is 12.7. The molecule has 0 aliphatic carbocycles. The summed E-state index contributed by atoms with van der Waals surface area (Å²) in [6.45, 7) is -0.0937. The summed E-state index contributed by atoms with van der Waals surface area (Å²) < 4.78 is 59.8. The molecule has 8 heteroatoms. The average molecular weight is 302 g/mol. The van der Waals surface area contributed by atoms with Gasteiger partial charge in [-0.15, -0.1) is 0 Å². The van der Waals surface area contributed by atoms with Crippen LogP contribution < -0.4 is 5.32 Å². The number of hydrogen-bond acceptors (Lipinski definition) is 3. The smallest absolute Gasteiger partial charge is 0.384 e. The molecule has 0 atom stereocenters. The number of anilines is 1. The Kier molecular flexibility index (Phi) is 4.50. The lowest BCUT2D eigenvalue weighted by Crippen LogP contribution is -2.17. The molecule has 0 saturated carbocycles. The lowest BCUT2D eigenvalue weighted by molar-refractivity contribution is -0.136. The first kappa shape index (κ1) is 15.1. The number of nitrogens with one attached hydrogen (secondary N) is 1. The van der Waals surface area contributed by atoms with Crippen molar-refractivity contribution in [2.24, 2.45) is 0 Å². The van der Waals surface area contributed by atoms with Crippen molar-refractivity contribution in [3.63, 3.8) is 0 Å². The Morgan fingerprint density at radius 1 is 1.33 bits per heavy atom. The highest BCUT2D eigenvalue weighted by Crippen LogP contribution is 2.36. The van der Waals surface area contributed by atoms with Gasteiger partial charge in [0.05, 0.1) is 11.3 Å². The van der Waals surface area contributed by atoms with E-state index in [9.17, 15) is 21.6 Å². The summed E-state index contributed by atoms with van der Waals surface area (Å²) in [5, 5.41) is 2.41. The number of hydrogen-bond donors (Lipinski definition) is 1. The summed E-state index contributed by atoms with van der Waals surface area (Å²) in [6, 6.07) is 3.28. The van der Waals surface area contributed by atoms with Gasteiger partial charge < -0.3 is 5.32 Å². The third kappa shape index (κ3) is 4.73. The van der Waals surface area contributed by atoms with Crippen LogP contribution in [-0.2, 0) is 16.0 Å². The van der Waals surface area contributed by atoms with Crippen molar-refractivity contribution >= 4 is 27.1 Å². The molecule has 1 rings (SSSR count). The zero-order valence-electron chi connectivity index (χ0n) is 9.38. The zero-order chi connectivity index (χ0) is 14.0. The normalized spacial score (nSPS) is 12.5. The minimum atomic E-state index is -4.54. The van der Waals surface area contributed by atoms with E-state index in [1.165, 1.54) is 12.1 Å². The molecule has 1 aromatic carbocycles. The van der Waals surface area contributed by atoms with Crippen LogP contribution in [0.1, 0.15) is 5.56 Å². The molecule has 3 nitrogen and oxygen atoms in total. The van der Waals surface area contributed by atoms with Crippen LogP contribution in [-0.4, -0.2) is 27.0 Å². The van der Waals surface area contributed by atoms with Crippen LogP contribution in [0.5, 0.6) is 0 Å². The molecule has 0 amide bonds. The van der Waals surface area contributed by atoms with Gasteiger partial charge in [0.15, 0.2) is 0 Å². The topological polar surface area (TPSA) is 46.2 Å². The first-order chi connectivity index (χ1) is 8.09. The number of sulfone groups is 1. The predicted molar refractivity (Wildman–Crippen MR) is 64.7 cm³/mol. The van der Waals surface area contributed by atoms with Gasteiger partial charge in [-0.25, -0.2) is 8.42 Å². The van der Waals surface area contributed by atoms with Crippen molar-refractivity contribution in [1.29, 1.82) is 0 Å². The number of benzene rings is 1. The van der Waals surface area contributed by atoms with Gasteiger partial charge in [-0.3, -0.25) is 0 Å². The highest BCUT2D eigenvalue weighted by Gasteiger charge is 2.33. The molecule has 1 N–H and O–H groups in total. The highest BCUT2D eigenvalue weighted by atomic mass is 35.5. The molecule has 0 radical (unpaired) electrons. The second kappa shape index (κ2) is 5.36. The fourth-order valence-electron chi connectivity index (χ4n) is 1.28. The molecule has 0 fully saturated rings. The van der Waals surface area contributed by atoms with E-state index in [1.54, 1.807) is 0 Å². The van der Waals surface area contributed by atoms with Gasteiger partial charge in [0.25, 0.3) is 0 Å². The Hall–Kier alpha value is -0.950. The summed E-state index contributed by atoms with van der Waals surface area (Å²) >= 11 is 5.51. The monoisotopic (exact) mass is 301 g/mol. The fraction of sp³-hybridized carbons (Fsp3) is 0.400. The van der Waals surface area contributed by atoms with Crippen molar-refractivity contribution in [2.45, 2.75) is 6.18 Å². The summed E-state index contributed by atoms with van der Waals surface area (Å²) in [5.74, 6) is -0.243. The van der Waals surface area contributed by atoms with E-state index in [2.05, 4.69) is 5.32 Å². The molecule has 1 aromatic rings. The van der Waals surface area contributed by atoms with Gasteiger partial charge in [0.2, 0.25) is 0 Å². The predicted octanol–water partition coefficient (Wildman–Crippen LogP) is 2.82. The quantitative estimate of drug-likeness (QED) is 0.930. The van der Waals surface area contributed by atoms with Crippen LogP contribution in [0, 0.1) is 0 Å². The maximum absolute atomic E-state index is 12.7. The minimum Gasteiger partial charge on any atom is -0.384 e. The highest BCUT2D eigenvalue weighted by molar-refractivity contribution is 7.90. The van der Waals surface area contributed by atoms with Crippen LogP contribution in [0.3, 0.4) is 0 Å². The number of alkyl halides is 3.